The van der Waals surface area contributed by atoms with Gasteiger partial charge in [-0.3, -0.25) is 9.59 Å². The van der Waals surface area contributed by atoms with Gasteiger partial charge in [-0.05, 0) is 33.6 Å². The number of amides is 5. The van der Waals surface area contributed by atoms with Crippen molar-refractivity contribution in [1.29, 1.82) is 0 Å². The number of ether oxygens (including phenoxy) is 13. The van der Waals surface area contributed by atoms with Crippen molar-refractivity contribution in [3.63, 3.8) is 0 Å². The maximum absolute atomic E-state index is 12.1. The highest BCUT2D eigenvalue weighted by Gasteiger charge is 2.42. The van der Waals surface area contributed by atoms with Crippen LogP contribution >= 0.6 is 11.8 Å². The number of hydrogen-bond donors (Lipinski definition) is 5. The second-order valence-corrected chi connectivity index (χ2v) is 17.4. The van der Waals surface area contributed by atoms with Gasteiger partial charge in [-0.1, -0.05) is 6.42 Å². The second-order valence-electron chi connectivity index (χ2n) is 16.1. The van der Waals surface area contributed by atoms with Crippen LogP contribution in [0.4, 0.5) is 9.59 Å². The van der Waals surface area contributed by atoms with Gasteiger partial charge in [0.05, 0.1) is 171 Å². The fourth-order valence-electron chi connectivity index (χ4n) is 6.08. The molecule has 22 nitrogen and oxygen atoms in total. The van der Waals surface area contributed by atoms with Crippen LogP contribution in [0.15, 0.2) is 0 Å². The molecular weight excluding hydrogens is 903 g/mol. The quantitative estimate of drug-likeness (QED) is 0.0423. The molecule has 67 heavy (non-hydrogen) atoms. The maximum Gasteiger partial charge on any atom is 0.407 e. The minimum atomic E-state index is -0.564. The van der Waals surface area contributed by atoms with Crippen molar-refractivity contribution in [2.24, 2.45) is 0 Å². The van der Waals surface area contributed by atoms with E-state index in [0.29, 0.717) is 177 Å². The standard InChI is InChI=1S/C44H83N5O17S/c1-44(2,3)66-43(53)47-10-9-45-40(51)8-12-54-14-16-56-18-20-58-22-24-60-26-28-62-30-32-64-34-35-65-33-31-63-29-27-61-25-23-59-21-19-57-17-15-55-13-11-46-39(50)7-5-4-6-38-41-37(36-67-38)48-42(52)49-41/h37-38,41H,4-36H2,1-3H3,(H,45,51)(H,46,50)(H,47,53)(H2,48,49,52)/t37-,38-,41-/m0/s1. The number of thioether (sulfide) groups is 1. The zero-order chi connectivity index (χ0) is 48.3. The summed E-state index contributed by atoms with van der Waals surface area (Å²) in [5.41, 5.74) is -0.564. The van der Waals surface area contributed by atoms with E-state index in [-0.39, 0.29) is 49.5 Å². The third-order valence-electron chi connectivity index (χ3n) is 9.33. The van der Waals surface area contributed by atoms with Crippen molar-refractivity contribution in [3.05, 3.63) is 0 Å². The molecule has 0 aliphatic carbocycles. The van der Waals surface area contributed by atoms with Crippen LogP contribution in [0.25, 0.3) is 0 Å². The van der Waals surface area contributed by atoms with Crippen LogP contribution in [0.5, 0.6) is 0 Å². The van der Waals surface area contributed by atoms with E-state index in [1.807, 2.05) is 11.8 Å². The lowest BCUT2D eigenvalue weighted by Gasteiger charge is -2.19. The van der Waals surface area contributed by atoms with Gasteiger partial charge in [0.1, 0.15) is 5.60 Å². The fraction of sp³-hybridized carbons (Fsp3) is 0.909. The van der Waals surface area contributed by atoms with Crippen LogP contribution in [-0.2, 0) is 71.2 Å². The van der Waals surface area contributed by atoms with E-state index in [9.17, 15) is 19.2 Å². The van der Waals surface area contributed by atoms with Crippen LogP contribution in [0, 0.1) is 0 Å². The third kappa shape index (κ3) is 37.9. The van der Waals surface area contributed by atoms with Crippen molar-refractivity contribution in [2.45, 2.75) is 75.8 Å². The summed E-state index contributed by atoms with van der Waals surface area (Å²) in [6.45, 7) is 17.2. The number of rotatable bonds is 47. The van der Waals surface area contributed by atoms with E-state index in [1.54, 1.807) is 20.8 Å². The molecular formula is C44H83N5O17S. The Labute approximate surface area is 401 Å². The molecule has 5 amide bonds. The minimum absolute atomic E-state index is 0.0366. The first kappa shape index (κ1) is 60.5. The van der Waals surface area contributed by atoms with Crippen molar-refractivity contribution >= 4 is 35.7 Å². The van der Waals surface area contributed by atoms with Crippen LogP contribution in [0.2, 0.25) is 0 Å². The molecule has 3 atom stereocenters. The van der Waals surface area contributed by atoms with Gasteiger partial charge >= 0.3 is 12.1 Å². The van der Waals surface area contributed by atoms with Crippen LogP contribution in [-0.4, -0.2) is 231 Å². The molecule has 0 aromatic heterocycles. The third-order valence-corrected chi connectivity index (χ3v) is 10.8. The summed E-state index contributed by atoms with van der Waals surface area (Å²) < 4.78 is 71.0. The number of hydrogen-bond acceptors (Lipinski definition) is 18. The average Bonchev–Trinajstić information content (AvgIpc) is 3.85. The molecule has 2 aliphatic heterocycles. The first-order valence-electron chi connectivity index (χ1n) is 23.8. The SMILES string of the molecule is CC(C)(C)OC(=O)NCCNC(=O)CCOCCOCCOCCOCCOCCOCCOCCOCCOCCOCCOCCOCCNC(=O)CCCC[C@@H]1SC[C@@H]2NC(=O)N[C@@H]21. The van der Waals surface area contributed by atoms with Crippen LogP contribution in [0.3, 0.4) is 0 Å². The Hall–Kier alpha value is -2.65. The Morgan fingerprint density at radius 1 is 0.493 bits per heavy atom. The maximum atomic E-state index is 12.1. The molecule has 392 valence electrons. The lowest BCUT2D eigenvalue weighted by atomic mass is 10.0. The van der Waals surface area contributed by atoms with E-state index < -0.39 is 11.7 Å². The normalized spacial score (nSPS) is 16.7. The van der Waals surface area contributed by atoms with Crippen molar-refractivity contribution in [3.8, 4) is 0 Å². The molecule has 0 saturated carbocycles. The Morgan fingerprint density at radius 2 is 0.866 bits per heavy atom. The molecule has 2 aliphatic rings. The van der Waals surface area contributed by atoms with E-state index in [1.165, 1.54) is 0 Å². The number of carbonyl (C=O) groups is 4. The highest BCUT2D eigenvalue weighted by molar-refractivity contribution is 8.00. The summed E-state index contributed by atoms with van der Waals surface area (Å²) >= 11 is 1.90. The molecule has 0 bridgehead atoms. The van der Waals surface area contributed by atoms with Gasteiger partial charge in [0.15, 0.2) is 0 Å². The average molecular weight is 986 g/mol. The van der Waals surface area contributed by atoms with Crippen molar-refractivity contribution in [1.82, 2.24) is 26.6 Å². The zero-order valence-corrected chi connectivity index (χ0v) is 41.2. The van der Waals surface area contributed by atoms with Gasteiger partial charge in [-0.25, -0.2) is 9.59 Å². The molecule has 5 N–H and O–H groups in total. The Bertz CT molecular complexity index is 1240. The van der Waals surface area contributed by atoms with Crippen LogP contribution < -0.4 is 26.6 Å². The summed E-state index contributed by atoms with van der Waals surface area (Å²) in [6, 6.07) is 0.389. The van der Waals surface area contributed by atoms with Crippen molar-refractivity contribution in [2.75, 3.05) is 184 Å². The predicted octanol–water partition coefficient (Wildman–Crippen LogP) is 1.06. The number of carbonyl (C=O) groups excluding carboxylic acids is 4. The summed E-state index contributed by atoms with van der Waals surface area (Å²) in [7, 11) is 0. The smallest absolute Gasteiger partial charge is 0.407 e. The van der Waals surface area contributed by atoms with Crippen molar-refractivity contribution < 1.29 is 80.8 Å². The van der Waals surface area contributed by atoms with E-state index >= 15 is 0 Å². The van der Waals surface area contributed by atoms with Gasteiger partial charge in [-0.15, -0.1) is 0 Å². The van der Waals surface area contributed by atoms with Gasteiger partial charge in [0.2, 0.25) is 11.8 Å². The number of alkyl carbamates (subject to hydrolysis) is 1. The van der Waals surface area contributed by atoms with E-state index in [4.69, 9.17) is 61.6 Å². The first-order chi connectivity index (χ1) is 32.6. The molecule has 2 fully saturated rings. The highest BCUT2D eigenvalue weighted by atomic mass is 32.2. The summed E-state index contributed by atoms with van der Waals surface area (Å²) in [4.78, 5) is 46.9. The fourth-order valence-corrected chi connectivity index (χ4v) is 7.62. The molecule has 0 unspecified atom stereocenters. The lowest BCUT2D eigenvalue weighted by Crippen LogP contribution is -2.38. The molecule has 0 spiro atoms. The Kier molecular flexibility index (Phi) is 38.1. The Balaban J connectivity index is 1.14. The highest BCUT2D eigenvalue weighted by Crippen LogP contribution is 2.33. The van der Waals surface area contributed by atoms with Gasteiger partial charge in [0, 0.05) is 43.5 Å². The number of unbranched alkanes of at least 4 members (excludes halogenated alkanes) is 1. The van der Waals surface area contributed by atoms with Gasteiger partial charge in [0.25, 0.3) is 0 Å². The monoisotopic (exact) mass is 986 g/mol. The van der Waals surface area contributed by atoms with E-state index in [0.717, 1.165) is 25.0 Å². The zero-order valence-electron chi connectivity index (χ0n) is 40.4. The van der Waals surface area contributed by atoms with Crippen LogP contribution in [0.1, 0.15) is 52.9 Å². The summed E-state index contributed by atoms with van der Waals surface area (Å²) in [5.74, 6) is 0.830. The summed E-state index contributed by atoms with van der Waals surface area (Å²) in [5, 5.41) is 14.6. The first-order valence-corrected chi connectivity index (χ1v) is 24.8. The number of urea groups is 1. The summed E-state index contributed by atoms with van der Waals surface area (Å²) in [6.07, 6.45) is 3.01. The molecule has 2 heterocycles. The number of nitrogens with one attached hydrogen (secondary N) is 5. The molecule has 23 heteroatoms. The van der Waals surface area contributed by atoms with Gasteiger partial charge in [-0.2, -0.15) is 11.8 Å². The molecule has 2 saturated heterocycles. The molecule has 2 rings (SSSR count). The van der Waals surface area contributed by atoms with E-state index in [2.05, 4.69) is 26.6 Å². The predicted molar refractivity (Wildman–Crippen MR) is 249 cm³/mol. The second kappa shape index (κ2) is 42.2. The molecule has 0 aromatic rings. The molecule has 0 aromatic carbocycles. The molecule has 0 radical (unpaired) electrons. The number of fused-ring (bicyclic) bond motifs is 1. The lowest BCUT2D eigenvalue weighted by molar-refractivity contribution is -0.122. The minimum Gasteiger partial charge on any atom is -0.444 e. The Morgan fingerprint density at radius 3 is 1.30 bits per heavy atom. The van der Waals surface area contributed by atoms with Gasteiger partial charge < -0.3 is 88.2 Å². The largest absolute Gasteiger partial charge is 0.444 e. The topological polar surface area (TPSA) is 248 Å².